The highest BCUT2D eigenvalue weighted by Crippen LogP contribution is 2.40. The summed E-state index contributed by atoms with van der Waals surface area (Å²) in [6.07, 6.45) is 1.01. The molecule has 2 unspecified atom stereocenters. The zero-order valence-corrected chi connectivity index (χ0v) is 25.3. The first-order valence-corrected chi connectivity index (χ1v) is 18.5. The first-order chi connectivity index (χ1) is 15.0. The molecule has 4 aromatic rings. The molecular formula is C23H27I2N5P2. The van der Waals surface area contributed by atoms with Crippen LogP contribution in [0.4, 0.5) is 0 Å². The summed E-state index contributed by atoms with van der Waals surface area (Å²) in [6, 6.07) is 15.1. The second-order valence-electron chi connectivity index (χ2n) is 9.90. The lowest BCUT2D eigenvalue weighted by Gasteiger charge is -2.13. The molecule has 0 spiro atoms. The smallest absolute Gasteiger partial charge is 0.0973 e. The largest absolute Gasteiger partial charge is 0.244 e. The van der Waals surface area contributed by atoms with E-state index in [1.54, 1.807) is 0 Å². The number of hydrogen-bond acceptors (Lipinski definition) is 3. The monoisotopic (exact) mass is 689 g/mol. The maximum Gasteiger partial charge on any atom is 0.0973 e. The zero-order chi connectivity index (χ0) is 23.3. The summed E-state index contributed by atoms with van der Waals surface area (Å²) in [5.74, 6) is 0. The minimum Gasteiger partial charge on any atom is -0.244 e. The van der Waals surface area contributed by atoms with Crippen LogP contribution in [0, 0.1) is 0 Å². The average Bonchev–Trinajstić information content (AvgIpc) is 3.37. The van der Waals surface area contributed by atoms with E-state index in [0.717, 1.165) is 39.5 Å². The maximum atomic E-state index is 5.23. The molecule has 0 saturated heterocycles. The number of hydrogen-bond donors (Lipinski definition) is 0. The number of pyridine rings is 1. The van der Waals surface area contributed by atoms with Gasteiger partial charge >= 0.3 is 0 Å². The van der Waals surface area contributed by atoms with Crippen LogP contribution in [0.5, 0.6) is 0 Å². The van der Waals surface area contributed by atoms with Gasteiger partial charge in [-0.3, -0.25) is 0 Å². The highest BCUT2D eigenvalue weighted by atomic mass is 127. The molecule has 5 nitrogen and oxygen atoms in total. The second kappa shape index (κ2) is 9.20. The number of fused-ring (bicyclic) bond motifs is 1. The number of nitrogens with zero attached hydrogens (tertiary/aromatic N) is 5. The molecule has 0 aliphatic carbocycles. The molecule has 0 radical (unpaired) electrons. The van der Waals surface area contributed by atoms with E-state index in [9.17, 15) is 0 Å². The molecule has 0 aliphatic rings. The molecule has 2 atom stereocenters. The molecule has 3 heterocycles. The molecular weight excluding hydrogens is 662 g/mol. The molecule has 32 heavy (non-hydrogen) atoms. The molecule has 0 saturated carbocycles. The summed E-state index contributed by atoms with van der Waals surface area (Å²) in [6.45, 7) is 13.2. The van der Waals surface area contributed by atoms with Crippen molar-refractivity contribution in [3.05, 3.63) is 53.9 Å². The van der Waals surface area contributed by atoms with Crippen molar-refractivity contribution >= 4 is 67.6 Å². The molecule has 3 aromatic heterocycles. The van der Waals surface area contributed by atoms with Gasteiger partial charge in [0.25, 0.3) is 0 Å². The Bertz CT molecular complexity index is 1280. The highest BCUT2D eigenvalue weighted by Gasteiger charge is 2.24. The summed E-state index contributed by atoms with van der Waals surface area (Å²) < 4.78 is 4.18. The molecule has 4 rings (SSSR count). The van der Waals surface area contributed by atoms with Gasteiger partial charge in [-0.1, -0.05) is 65.8 Å². The molecule has 0 bridgehead atoms. The van der Waals surface area contributed by atoms with Crippen molar-refractivity contribution in [1.29, 1.82) is 0 Å². The van der Waals surface area contributed by atoms with Crippen molar-refractivity contribution < 1.29 is 0 Å². The van der Waals surface area contributed by atoms with E-state index in [1.165, 1.54) is 5.39 Å². The van der Waals surface area contributed by atoms with Crippen molar-refractivity contribution in [2.75, 3.05) is 0 Å². The molecule has 9 heteroatoms. The van der Waals surface area contributed by atoms with E-state index in [2.05, 4.69) is 137 Å². The summed E-state index contributed by atoms with van der Waals surface area (Å²) in [5, 5.41) is 12.1. The lowest BCUT2D eigenvalue weighted by molar-refractivity contribution is 0.564. The van der Waals surface area contributed by atoms with Crippen LogP contribution in [0.2, 0.25) is 0 Å². The first kappa shape index (κ1) is 24.5. The van der Waals surface area contributed by atoms with Gasteiger partial charge in [0.05, 0.1) is 46.9 Å². The van der Waals surface area contributed by atoms with Crippen LogP contribution in [0.1, 0.15) is 52.9 Å². The Hall–Kier alpha value is -0.630. The number of benzene rings is 1. The van der Waals surface area contributed by atoms with Gasteiger partial charge in [0, 0.05) is 16.2 Å². The highest BCUT2D eigenvalue weighted by molar-refractivity contribution is 14.2. The minimum absolute atomic E-state index is 0.0153. The fraction of sp³-hybridized carbons (Fsp3) is 0.348. The van der Waals surface area contributed by atoms with Crippen LogP contribution < -0.4 is 0 Å². The number of aromatic nitrogens is 5. The predicted molar refractivity (Wildman–Crippen MR) is 157 cm³/mol. The Morgan fingerprint density at radius 2 is 1.28 bits per heavy atom. The molecule has 0 amide bonds. The van der Waals surface area contributed by atoms with E-state index in [4.69, 9.17) is 15.2 Å². The Balaban J connectivity index is 2.00. The van der Waals surface area contributed by atoms with Crippen molar-refractivity contribution in [2.45, 2.75) is 52.4 Å². The Kier molecular flexibility index (Phi) is 7.04. The number of rotatable bonds is 4. The van der Waals surface area contributed by atoms with Gasteiger partial charge in [0.2, 0.25) is 0 Å². The van der Waals surface area contributed by atoms with E-state index in [0.29, 0.717) is 12.7 Å². The normalized spacial score (nSPS) is 13.4. The quantitative estimate of drug-likeness (QED) is 0.161. The predicted octanol–water partition coefficient (Wildman–Crippen LogP) is 8.14. The van der Waals surface area contributed by atoms with Gasteiger partial charge in [0.1, 0.15) is 0 Å². The third-order valence-corrected chi connectivity index (χ3v) is 9.10. The molecule has 1 aromatic carbocycles. The SMILES string of the molecule is CC(C)(C)c1cc(-c2cc3ccccc3c(-c3cc(C(C)(C)C)nn3PI)n2)n(PI)n1. The van der Waals surface area contributed by atoms with Gasteiger partial charge in [-0.25, -0.2) is 13.9 Å². The van der Waals surface area contributed by atoms with Gasteiger partial charge in [-0.2, -0.15) is 10.2 Å². The topological polar surface area (TPSA) is 48.5 Å². The van der Waals surface area contributed by atoms with Crippen molar-refractivity contribution in [3.63, 3.8) is 0 Å². The van der Waals surface area contributed by atoms with Gasteiger partial charge in [-0.05, 0) is 67.7 Å². The fourth-order valence-electron chi connectivity index (χ4n) is 3.50. The lowest BCUT2D eigenvalue weighted by atomic mass is 9.92. The van der Waals surface area contributed by atoms with Crippen molar-refractivity contribution in [2.24, 2.45) is 0 Å². The Morgan fingerprint density at radius 1 is 0.750 bits per heavy atom. The van der Waals surface area contributed by atoms with Crippen LogP contribution in [-0.2, 0) is 10.8 Å². The molecule has 0 fully saturated rings. The number of halogens is 2. The van der Waals surface area contributed by atoms with Crippen LogP contribution >= 0.6 is 56.8 Å². The molecule has 0 N–H and O–H groups in total. The van der Waals surface area contributed by atoms with E-state index >= 15 is 0 Å². The minimum atomic E-state index is -0.0216. The van der Waals surface area contributed by atoms with Crippen molar-refractivity contribution in [3.8, 4) is 22.8 Å². The Morgan fingerprint density at radius 3 is 1.84 bits per heavy atom. The third kappa shape index (κ3) is 4.77. The standard InChI is InChI=1S/C23H27I2N5P2/c1-22(2,3)19-12-17(29(27-19)31-24)16-11-14-9-7-8-10-15(14)21(26-16)18-13-20(23(4,5)6)28-30(18)32-25/h7-13,31-32H,1-6H3. The summed E-state index contributed by atoms with van der Waals surface area (Å²) in [5.41, 5.74) is 6.20. The van der Waals surface area contributed by atoms with Crippen LogP contribution in [0.15, 0.2) is 42.5 Å². The average molecular weight is 689 g/mol. The van der Waals surface area contributed by atoms with E-state index in [-0.39, 0.29) is 10.8 Å². The zero-order valence-electron chi connectivity index (χ0n) is 19.0. The first-order valence-electron chi connectivity index (χ1n) is 10.4. The van der Waals surface area contributed by atoms with E-state index in [1.807, 2.05) is 0 Å². The van der Waals surface area contributed by atoms with Gasteiger partial charge < -0.3 is 0 Å². The van der Waals surface area contributed by atoms with E-state index < -0.39 is 0 Å². The lowest BCUT2D eigenvalue weighted by Crippen LogP contribution is -2.11. The van der Waals surface area contributed by atoms with Gasteiger partial charge in [-0.15, -0.1) is 0 Å². The maximum absolute atomic E-state index is 5.23. The second-order valence-corrected chi connectivity index (χ2v) is 14.0. The van der Waals surface area contributed by atoms with Crippen molar-refractivity contribution in [1.82, 2.24) is 24.1 Å². The summed E-state index contributed by atoms with van der Waals surface area (Å²) >= 11 is 4.80. The van der Waals surface area contributed by atoms with Crippen LogP contribution in [0.3, 0.4) is 0 Å². The fourth-order valence-corrected chi connectivity index (χ4v) is 6.53. The molecule has 168 valence electrons. The van der Waals surface area contributed by atoms with Gasteiger partial charge in [0.15, 0.2) is 0 Å². The Labute approximate surface area is 219 Å². The summed E-state index contributed by atoms with van der Waals surface area (Å²) in [4.78, 5) is 5.23. The van der Waals surface area contributed by atoms with Crippen LogP contribution in [-0.4, -0.2) is 24.1 Å². The van der Waals surface area contributed by atoms with Crippen LogP contribution in [0.25, 0.3) is 33.5 Å². The third-order valence-electron chi connectivity index (χ3n) is 5.36. The molecule has 0 aliphatic heterocycles. The summed E-state index contributed by atoms with van der Waals surface area (Å²) in [7, 11) is 0.